The number of rotatable bonds is 4. The molecular weight excluding hydrogens is 268 g/mol. The molecular formula is C21H26O. The highest BCUT2D eigenvalue weighted by Crippen LogP contribution is 2.53. The lowest BCUT2D eigenvalue weighted by atomic mass is 9.60. The molecule has 0 aliphatic heterocycles. The summed E-state index contributed by atoms with van der Waals surface area (Å²) in [6.45, 7) is 4.48. The summed E-state index contributed by atoms with van der Waals surface area (Å²) in [5.74, 6) is 0.554. The van der Waals surface area contributed by atoms with Crippen LogP contribution in [0.5, 0.6) is 0 Å². The van der Waals surface area contributed by atoms with E-state index in [1.54, 1.807) is 0 Å². The third-order valence-electron chi connectivity index (χ3n) is 5.69. The molecule has 1 N–H and O–H groups in total. The van der Waals surface area contributed by atoms with Gasteiger partial charge >= 0.3 is 0 Å². The molecule has 0 radical (unpaired) electrons. The van der Waals surface area contributed by atoms with Crippen molar-refractivity contribution in [3.63, 3.8) is 0 Å². The van der Waals surface area contributed by atoms with Crippen molar-refractivity contribution in [3.05, 3.63) is 71.8 Å². The van der Waals surface area contributed by atoms with Crippen LogP contribution in [0.4, 0.5) is 0 Å². The van der Waals surface area contributed by atoms with Crippen LogP contribution in [-0.2, 0) is 5.60 Å². The molecule has 0 bridgehead atoms. The first-order chi connectivity index (χ1) is 10.6. The van der Waals surface area contributed by atoms with Crippen molar-refractivity contribution in [2.24, 2.45) is 11.3 Å². The summed E-state index contributed by atoms with van der Waals surface area (Å²) in [5.41, 5.74) is 0.840. The van der Waals surface area contributed by atoms with Gasteiger partial charge in [0.25, 0.3) is 0 Å². The summed E-state index contributed by atoms with van der Waals surface area (Å²) >= 11 is 0. The average molecular weight is 294 g/mol. The highest BCUT2D eigenvalue weighted by Gasteiger charge is 2.50. The number of aliphatic hydroxyl groups is 1. The Balaban J connectivity index is 2.15. The Kier molecular flexibility index (Phi) is 4.10. The molecule has 0 atom stereocenters. The smallest absolute Gasteiger partial charge is 0.120 e. The Morgan fingerprint density at radius 3 is 1.59 bits per heavy atom. The second kappa shape index (κ2) is 5.89. The van der Waals surface area contributed by atoms with Gasteiger partial charge in [-0.2, -0.15) is 0 Å². The normalized spacial score (nSPS) is 16.9. The zero-order valence-corrected chi connectivity index (χ0v) is 13.6. The fourth-order valence-electron chi connectivity index (χ4n) is 4.21. The van der Waals surface area contributed by atoms with Gasteiger partial charge in [0.05, 0.1) is 0 Å². The summed E-state index contributed by atoms with van der Waals surface area (Å²) < 4.78 is 0. The van der Waals surface area contributed by atoms with Gasteiger partial charge in [0.2, 0.25) is 0 Å². The van der Waals surface area contributed by atoms with E-state index in [-0.39, 0.29) is 5.41 Å². The molecule has 116 valence electrons. The number of hydrogen-bond acceptors (Lipinski definition) is 1. The van der Waals surface area contributed by atoms with E-state index in [1.165, 1.54) is 25.7 Å². The summed E-state index contributed by atoms with van der Waals surface area (Å²) in [7, 11) is 0. The molecule has 22 heavy (non-hydrogen) atoms. The fourth-order valence-corrected chi connectivity index (χ4v) is 4.21. The van der Waals surface area contributed by atoms with E-state index in [9.17, 15) is 5.11 Å². The minimum atomic E-state index is -0.954. The SMILES string of the molecule is CC(C)(C1CCCC1)C(O)(c1ccccc1)c1ccccc1. The molecule has 1 nitrogen and oxygen atoms in total. The van der Waals surface area contributed by atoms with Gasteiger partial charge in [0, 0.05) is 5.41 Å². The molecule has 0 spiro atoms. The zero-order valence-electron chi connectivity index (χ0n) is 13.6. The predicted octanol–water partition coefficient (Wildman–Crippen LogP) is 5.14. The maximum Gasteiger partial charge on any atom is 0.120 e. The van der Waals surface area contributed by atoms with Crippen molar-refractivity contribution >= 4 is 0 Å². The largest absolute Gasteiger partial charge is 0.380 e. The molecule has 1 heteroatoms. The number of benzene rings is 2. The van der Waals surface area contributed by atoms with E-state index in [4.69, 9.17) is 0 Å². The fraction of sp³-hybridized carbons (Fsp3) is 0.429. The zero-order chi connectivity index (χ0) is 15.6. The maximum absolute atomic E-state index is 11.9. The van der Waals surface area contributed by atoms with E-state index in [1.807, 2.05) is 36.4 Å². The molecule has 1 aliphatic rings. The van der Waals surface area contributed by atoms with Crippen molar-refractivity contribution in [2.75, 3.05) is 0 Å². The van der Waals surface area contributed by atoms with E-state index < -0.39 is 5.60 Å². The van der Waals surface area contributed by atoms with Crippen molar-refractivity contribution in [1.29, 1.82) is 0 Å². The Labute approximate surface area is 134 Å². The molecule has 0 aromatic heterocycles. The summed E-state index contributed by atoms with van der Waals surface area (Å²) in [6.07, 6.45) is 5.01. The second-order valence-electron chi connectivity index (χ2n) is 7.15. The molecule has 1 fully saturated rings. The molecule has 0 heterocycles. The van der Waals surface area contributed by atoms with Crippen molar-refractivity contribution < 1.29 is 5.11 Å². The van der Waals surface area contributed by atoms with Crippen LogP contribution in [-0.4, -0.2) is 5.11 Å². The Hall–Kier alpha value is -1.60. The van der Waals surface area contributed by atoms with Crippen LogP contribution in [0.3, 0.4) is 0 Å². The highest BCUT2D eigenvalue weighted by molar-refractivity contribution is 5.38. The molecule has 0 saturated heterocycles. The standard InChI is InChI=1S/C21H26O/c1-20(2,17-11-9-10-12-17)21(22,18-13-5-3-6-14-18)19-15-7-4-8-16-19/h3-8,13-17,22H,9-12H2,1-2H3. The monoisotopic (exact) mass is 294 g/mol. The first kappa shape index (κ1) is 15.3. The van der Waals surface area contributed by atoms with Crippen LogP contribution < -0.4 is 0 Å². The van der Waals surface area contributed by atoms with Crippen LogP contribution >= 0.6 is 0 Å². The highest BCUT2D eigenvalue weighted by atomic mass is 16.3. The van der Waals surface area contributed by atoms with Gasteiger partial charge in [0.15, 0.2) is 0 Å². The minimum absolute atomic E-state index is 0.202. The van der Waals surface area contributed by atoms with Gasteiger partial charge in [0.1, 0.15) is 5.60 Å². The summed E-state index contributed by atoms with van der Waals surface area (Å²) in [6, 6.07) is 20.3. The lowest BCUT2D eigenvalue weighted by molar-refractivity contribution is -0.0699. The van der Waals surface area contributed by atoms with Gasteiger partial charge in [-0.1, -0.05) is 87.4 Å². The van der Waals surface area contributed by atoms with Crippen LogP contribution in [0.1, 0.15) is 50.7 Å². The first-order valence-electron chi connectivity index (χ1n) is 8.40. The van der Waals surface area contributed by atoms with Crippen LogP contribution in [0.25, 0.3) is 0 Å². The van der Waals surface area contributed by atoms with Gasteiger partial charge < -0.3 is 5.11 Å². The van der Waals surface area contributed by atoms with Crippen molar-refractivity contribution in [1.82, 2.24) is 0 Å². The topological polar surface area (TPSA) is 20.2 Å². The summed E-state index contributed by atoms with van der Waals surface area (Å²) in [5, 5.41) is 11.9. The molecule has 1 saturated carbocycles. The van der Waals surface area contributed by atoms with Gasteiger partial charge in [-0.25, -0.2) is 0 Å². The van der Waals surface area contributed by atoms with Crippen molar-refractivity contribution in [3.8, 4) is 0 Å². The van der Waals surface area contributed by atoms with Crippen LogP contribution in [0.2, 0.25) is 0 Å². The molecule has 0 amide bonds. The average Bonchev–Trinajstić information content (AvgIpc) is 3.11. The van der Waals surface area contributed by atoms with E-state index in [0.29, 0.717) is 5.92 Å². The lowest BCUT2D eigenvalue weighted by Crippen LogP contribution is -2.47. The predicted molar refractivity (Wildman–Crippen MR) is 91.6 cm³/mol. The van der Waals surface area contributed by atoms with Crippen LogP contribution in [0.15, 0.2) is 60.7 Å². The Bertz CT molecular complexity index is 555. The quantitative estimate of drug-likeness (QED) is 0.828. The van der Waals surface area contributed by atoms with E-state index in [2.05, 4.69) is 38.1 Å². The Morgan fingerprint density at radius 1 is 0.773 bits per heavy atom. The molecule has 3 rings (SSSR count). The third kappa shape index (κ3) is 2.38. The molecule has 1 aliphatic carbocycles. The van der Waals surface area contributed by atoms with E-state index in [0.717, 1.165) is 11.1 Å². The van der Waals surface area contributed by atoms with Gasteiger partial charge in [-0.05, 0) is 29.9 Å². The maximum atomic E-state index is 11.9. The lowest BCUT2D eigenvalue weighted by Gasteiger charge is -2.47. The molecule has 0 unspecified atom stereocenters. The molecule has 2 aromatic rings. The first-order valence-corrected chi connectivity index (χ1v) is 8.40. The van der Waals surface area contributed by atoms with Gasteiger partial charge in [-0.3, -0.25) is 0 Å². The second-order valence-corrected chi connectivity index (χ2v) is 7.15. The van der Waals surface area contributed by atoms with Crippen LogP contribution in [0, 0.1) is 11.3 Å². The third-order valence-corrected chi connectivity index (χ3v) is 5.69. The Morgan fingerprint density at radius 2 is 1.18 bits per heavy atom. The van der Waals surface area contributed by atoms with E-state index >= 15 is 0 Å². The van der Waals surface area contributed by atoms with Crippen molar-refractivity contribution in [2.45, 2.75) is 45.1 Å². The molecule has 2 aromatic carbocycles. The number of hydrogen-bond donors (Lipinski definition) is 1. The summed E-state index contributed by atoms with van der Waals surface area (Å²) in [4.78, 5) is 0. The minimum Gasteiger partial charge on any atom is -0.380 e. The van der Waals surface area contributed by atoms with Gasteiger partial charge in [-0.15, -0.1) is 0 Å².